The summed E-state index contributed by atoms with van der Waals surface area (Å²) < 4.78 is 14.8. The molecule has 2 aromatic rings. The van der Waals surface area contributed by atoms with Crippen LogP contribution in [0.4, 0.5) is 20.6 Å². The zero-order chi connectivity index (χ0) is 22.3. The maximum atomic E-state index is 14.8. The van der Waals surface area contributed by atoms with Crippen LogP contribution in [0.3, 0.4) is 0 Å². The molecule has 1 N–H and O–H groups in total. The van der Waals surface area contributed by atoms with Crippen molar-refractivity contribution in [3.8, 4) is 0 Å². The summed E-state index contributed by atoms with van der Waals surface area (Å²) in [4.78, 5) is 41.1. The van der Waals surface area contributed by atoms with Crippen molar-refractivity contribution in [2.45, 2.75) is 33.6 Å². The normalized spacial score (nSPS) is 18.2. The van der Waals surface area contributed by atoms with E-state index in [1.54, 1.807) is 18.2 Å². The topological polar surface area (TPSA) is 69.7 Å². The molecule has 2 fully saturated rings. The summed E-state index contributed by atoms with van der Waals surface area (Å²) in [5.74, 6) is -1.92. The van der Waals surface area contributed by atoms with Gasteiger partial charge in [0.05, 0.1) is 11.4 Å². The summed E-state index contributed by atoms with van der Waals surface area (Å²) in [5.41, 5.74) is 3.57. The first-order valence-corrected chi connectivity index (χ1v) is 10.3. The minimum atomic E-state index is -0.798. The molecule has 0 unspecified atom stereocenters. The molecule has 4 amide bonds. The van der Waals surface area contributed by atoms with Crippen LogP contribution in [0.5, 0.6) is 0 Å². The largest absolute Gasteiger partial charge is 0.369 e. The van der Waals surface area contributed by atoms with E-state index in [0.717, 1.165) is 47.5 Å². The van der Waals surface area contributed by atoms with E-state index in [4.69, 9.17) is 0 Å². The van der Waals surface area contributed by atoms with Crippen LogP contribution in [0.1, 0.15) is 35.1 Å². The Morgan fingerprint density at radius 3 is 2.39 bits per heavy atom. The van der Waals surface area contributed by atoms with Gasteiger partial charge < -0.3 is 4.90 Å². The monoisotopic (exact) mass is 421 g/mol. The molecule has 4 rings (SSSR count). The third kappa shape index (κ3) is 3.71. The van der Waals surface area contributed by atoms with E-state index in [1.807, 2.05) is 31.7 Å². The third-order valence-electron chi connectivity index (χ3n) is 6.00. The summed E-state index contributed by atoms with van der Waals surface area (Å²) in [6, 6.07) is 7.56. The Morgan fingerprint density at radius 2 is 1.68 bits per heavy atom. The average molecular weight is 421 g/mol. The van der Waals surface area contributed by atoms with E-state index in [1.165, 1.54) is 12.1 Å². The van der Waals surface area contributed by atoms with E-state index in [0.29, 0.717) is 16.9 Å². The number of rotatable bonds is 3. The Labute approximate surface area is 180 Å². The zero-order valence-electron chi connectivity index (χ0n) is 17.8. The molecule has 0 aliphatic carbocycles. The van der Waals surface area contributed by atoms with Crippen molar-refractivity contribution in [2.75, 3.05) is 22.9 Å². The molecule has 0 aromatic heterocycles. The van der Waals surface area contributed by atoms with Gasteiger partial charge in [-0.25, -0.2) is 14.1 Å². The predicted molar refractivity (Wildman–Crippen MR) is 118 cm³/mol. The van der Waals surface area contributed by atoms with Crippen molar-refractivity contribution in [2.24, 2.45) is 0 Å². The van der Waals surface area contributed by atoms with Gasteiger partial charge in [-0.1, -0.05) is 12.1 Å². The summed E-state index contributed by atoms with van der Waals surface area (Å²) in [6.07, 6.45) is 3.41. The maximum absolute atomic E-state index is 14.8. The van der Waals surface area contributed by atoms with Crippen molar-refractivity contribution in [1.82, 2.24) is 5.32 Å². The fourth-order valence-electron chi connectivity index (χ4n) is 4.05. The van der Waals surface area contributed by atoms with Crippen molar-refractivity contribution in [3.63, 3.8) is 0 Å². The van der Waals surface area contributed by atoms with Crippen molar-refractivity contribution >= 4 is 35.3 Å². The number of hydrogen-bond donors (Lipinski definition) is 1. The number of nitrogens with zero attached hydrogens (tertiary/aromatic N) is 2. The Hall–Kier alpha value is -3.48. The van der Waals surface area contributed by atoms with E-state index in [2.05, 4.69) is 5.32 Å². The quantitative estimate of drug-likeness (QED) is 0.600. The molecular formula is C24H24FN3O3. The lowest BCUT2D eigenvalue weighted by atomic mass is 10.0. The number of amides is 4. The number of urea groups is 1. The molecular weight excluding hydrogens is 397 g/mol. The molecule has 160 valence electrons. The summed E-state index contributed by atoms with van der Waals surface area (Å²) in [5, 5.41) is 2.22. The second kappa shape index (κ2) is 7.98. The molecule has 7 heteroatoms. The molecule has 2 saturated heterocycles. The van der Waals surface area contributed by atoms with Gasteiger partial charge in [0, 0.05) is 13.1 Å². The highest BCUT2D eigenvalue weighted by Gasteiger charge is 2.37. The second-order valence-electron chi connectivity index (χ2n) is 8.03. The van der Waals surface area contributed by atoms with Gasteiger partial charge in [-0.2, -0.15) is 0 Å². The van der Waals surface area contributed by atoms with Gasteiger partial charge in [-0.05, 0) is 80.1 Å². The molecule has 2 heterocycles. The number of halogens is 1. The molecule has 0 bridgehead atoms. The Morgan fingerprint density at radius 1 is 0.968 bits per heavy atom. The molecule has 2 aliphatic rings. The smallest absolute Gasteiger partial charge is 0.335 e. The van der Waals surface area contributed by atoms with Crippen LogP contribution >= 0.6 is 0 Å². The lowest BCUT2D eigenvalue weighted by Gasteiger charge is -2.28. The van der Waals surface area contributed by atoms with Gasteiger partial charge >= 0.3 is 6.03 Å². The zero-order valence-corrected chi connectivity index (χ0v) is 17.8. The van der Waals surface area contributed by atoms with Gasteiger partial charge in [0.2, 0.25) is 0 Å². The molecule has 0 saturated carbocycles. The van der Waals surface area contributed by atoms with Crippen LogP contribution < -0.4 is 15.1 Å². The molecule has 2 aromatic carbocycles. The van der Waals surface area contributed by atoms with E-state index in [-0.39, 0.29) is 5.57 Å². The number of anilines is 2. The van der Waals surface area contributed by atoms with Gasteiger partial charge in [0.15, 0.2) is 0 Å². The highest BCUT2D eigenvalue weighted by Crippen LogP contribution is 2.30. The maximum Gasteiger partial charge on any atom is 0.335 e. The summed E-state index contributed by atoms with van der Waals surface area (Å²) in [6.45, 7) is 7.11. The number of nitrogens with one attached hydrogen (secondary N) is 1. The number of aryl methyl sites for hydroxylation is 2. The van der Waals surface area contributed by atoms with Crippen LogP contribution in [0.2, 0.25) is 0 Å². The number of hydrogen-bond acceptors (Lipinski definition) is 4. The van der Waals surface area contributed by atoms with Gasteiger partial charge in [-0.15, -0.1) is 0 Å². The predicted octanol–water partition coefficient (Wildman–Crippen LogP) is 4.02. The van der Waals surface area contributed by atoms with Gasteiger partial charge in [0.25, 0.3) is 11.8 Å². The third-order valence-corrected chi connectivity index (χ3v) is 6.00. The molecule has 0 atom stereocenters. The second-order valence-corrected chi connectivity index (χ2v) is 8.03. The van der Waals surface area contributed by atoms with Gasteiger partial charge in [0.1, 0.15) is 11.4 Å². The highest BCUT2D eigenvalue weighted by atomic mass is 19.1. The Bertz CT molecular complexity index is 1130. The molecule has 31 heavy (non-hydrogen) atoms. The Balaban J connectivity index is 1.74. The minimum absolute atomic E-state index is 0.211. The summed E-state index contributed by atoms with van der Waals surface area (Å²) in [7, 11) is 0. The standard InChI is InChI=1S/C24H24FN3O3/c1-14-7-6-8-20(16(14)3)28-23(30)18(22(29)26-24(28)31)12-17-13-19(25)21(11-15(17)2)27-9-4-5-10-27/h6-8,11-13H,4-5,9-10H2,1-3H3,(H,26,29,31)/b18-12+. The molecule has 0 radical (unpaired) electrons. The number of barbiturate groups is 1. The lowest BCUT2D eigenvalue weighted by molar-refractivity contribution is -0.122. The van der Waals surface area contributed by atoms with Crippen LogP contribution in [0, 0.1) is 26.6 Å². The van der Waals surface area contributed by atoms with E-state index >= 15 is 0 Å². The molecule has 2 aliphatic heterocycles. The first-order chi connectivity index (χ1) is 14.8. The highest BCUT2D eigenvalue weighted by molar-refractivity contribution is 6.39. The van der Waals surface area contributed by atoms with Gasteiger partial charge in [-0.3, -0.25) is 14.9 Å². The number of imide groups is 2. The first-order valence-electron chi connectivity index (χ1n) is 10.3. The van der Waals surface area contributed by atoms with Crippen LogP contribution in [-0.4, -0.2) is 30.9 Å². The fraction of sp³-hybridized carbons (Fsp3) is 0.292. The number of carbonyl (C=O) groups is 3. The number of carbonyl (C=O) groups excluding carboxylic acids is 3. The van der Waals surface area contributed by atoms with E-state index in [9.17, 15) is 18.8 Å². The van der Waals surface area contributed by atoms with E-state index < -0.39 is 23.7 Å². The SMILES string of the molecule is Cc1cc(N2CCCC2)c(F)cc1/C=C1\C(=O)NC(=O)N(c2cccc(C)c2C)C1=O. The number of benzene rings is 2. The summed E-state index contributed by atoms with van der Waals surface area (Å²) >= 11 is 0. The lowest BCUT2D eigenvalue weighted by Crippen LogP contribution is -2.54. The molecule has 6 nitrogen and oxygen atoms in total. The van der Waals surface area contributed by atoms with Crippen LogP contribution in [-0.2, 0) is 9.59 Å². The minimum Gasteiger partial charge on any atom is -0.369 e. The Kier molecular flexibility index (Phi) is 5.35. The van der Waals surface area contributed by atoms with Crippen LogP contribution in [0.25, 0.3) is 6.08 Å². The molecule has 0 spiro atoms. The van der Waals surface area contributed by atoms with Crippen molar-refractivity contribution in [1.29, 1.82) is 0 Å². The average Bonchev–Trinajstić information content (AvgIpc) is 3.25. The fourth-order valence-corrected chi connectivity index (χ4v) is 4.05. The van der Waals surface area contributed by atoms with Crippen LogP contribution in [0.15, 0.2) is 35.9 Å². The first kappa shape index (κ1) is 20.8. The van der Waals surface area contributed by atoms with Crippen molar-refractivity contribution < 1.29 is 18.8 Å². The van der Waals surface area contributed by atoms with Crippen molar-refractivity contribution in [3.05, 3.63) is 64.0 Å².